The number of aliphatic hydroxyl groups is 1. The van der Waals surface area contributed by atoms with Crippen LogP contribution in [0.4, 0.5) is 0 Å². The topological polar surface area (TPSA) is 23.5 Å². The van der Waals surface area contributed by atoms with Gasteiger partial charge in [0.2, 0.25) is 0 Å². The van der Waals surface area contributed by atoms with Crippen LogP contribution in [0, 0.1) is 0 Å². The molecule has 96 valence electrons. The second-order valence-electron chi connectivity index (χ2n) is 4.34. The van der Waals surface area contributed by atoms with Gasteiger partial charge >= 0.3 is 0 Å². The van der Waals surface area contributed by atoms with E-state index in [0.717, 1.165) is 18.7 Å². The molecule has 0 saturated carbocycles. The highest BCUT2D eigenvalue weighted by molar-refractivity contribution is 5.18. The van der Waals surface area contributed by atoms with E-state index in [0.29, 0.717) is 0 Å². The molecular formula is C15H25NO. The zero-order chi connectivity index (χ0) is 12.7. The minimum atomic E-state index is -0.357. The number of rotatable bonds is 3. The van der Waals surface area contributed by atoms with Gasteiger partial charge in [0.15, 0.2) is 0 Å². The Morgan fingerprint density at radius 3 is 2.12 bits per heavy atom. The Bertz CT molecular complexity index is 293. The molecular weight excluding hydrogens is 210 g/mol. The second kappa shape index (κ2) is 7.46. The lowest BCUT2D eigenvalue weighted by Gasteiger charge is -2.28. The van der Waals surface area contributed by atoms with E-state index in [9.17, 15) is 5.11 Å². The zero-order valence-electron chi connectivity index (χ0n) is 11.3. The zero-order valence-corrected chi connectivity index (χ0v) is 11.3. The average Bonchev–Trinajstić information content (AvgIpc) is 2.94. The van der Waals surface area contributed by atoms with Crippen molar-refractivity contribution in [2.45, 2.75) is 45.8 Å². The summed E-state index contributed by atoms with van der Waals surface area (Å²) in [5.74, 6) is 0. The lowest BCUT2D eigenvalue weighted by atomic mass is 10.0. The summed E-state index contributed by atoms with van der Waals surface area (Å²) in [5, 5.41) is 10.2. The molecule has 0 amide bonds. The highest BCUT2D eigenvalue weighted by Crippen LogP contribution is 2.23. The fourth-order valence-corrected chi connectivity index (χ4v) is 2.28. The molecule has 1 N–H and O–H groups in total. The summed E-state index contributed by atoms with van der Waals surface area (Å²) in [4.78, 5) is 2.37. The molecule has 1 aliphatic heterocycles. The third-order valence-corrected chi connectivity index (χ3v) is 3.31. The SMILES string of the molecule is CC.CC(C(O)c1ccccc1)N1CCCC1. The van der Waals surface area contributed by atoms with Gasteiger partial charge in [-0.3, -0.25) is 4.90 Å². The summed E-state index contributed by atoms with van der Waals surface area (Å²) in [7, 11) is 0. The summed E-state index contributed by atoms with van der Waals surface area (Å²) in [6.07, 6.45) is 2.18. The number of aliphatic hydroxyl groups excluding tert-OH is 1. The molecule has 1 aliphatic rings. The van der Waals surface area contributed by atoms with E-state index in [4.69, 9.17) is 0 Å². The van der Waals surface area contributed by atoms with Crippen LogP contribution < -0.4 is 0 Å². The molecule has 1 heterocycles. The largest absolute Gasteiger partial charge is 0.387 e. The van der Waals surface area contributed by atoms with Gasteiger partial charge in [0.1, 0.15) is 0 Å². The molecule has 2 unspecified atom stereocenters. The first-order chi connectivity index (χ1) is 8.29. The Morgan fingerprint density at radius 2 is 1.59 bits per heavy atom. The van der Waals surface area contributed by atoms with E-state index in [1.165, 1.54) is 12.8 Å². The standard InChI is InChI=1S/C13H19NO.C2H6/c1-11(14-9-5-6-10-14)13(15)12-7-3-2-4-8-12;1-2/h2-4,7-8,11,13,15H,5-6,9-10H2,1H3;1-2H3. The Morgan fingerprint density at radius 1 is 1.06 bits per heavy atom. The van der Waals surface area contributed by atoms with Gasteiger partial charge < -0.3 is 5.11 Å². The van der Waals surface area contributed by atoms with Crippen molar-refractivity contribution in [2.24, 2.45) is 0 Å². The normalized spacial score (nSPS) is 19.3. The summed E-state index contributed by atoms with van der Waals surface area (Å²) in [6, 6.07) is 10.2. The number of likely N-dealkylation sites (tertiary alicyclic amines) is 1. The van der Waals surface area contributed by atoms with Crippen molar-refractivity contribution < 1.29 is 5.11 Å². The highest BCUT2D eigenvalue weighted by Gasteiger charge is 2.24. The first-order valence-electron chi connectivity index (χ1n) is 6.76. The fourth-order valence-electron chi connectivity index (χ4n) is 2.28. The molecule has 17 heavy (non-hydrogen) atoms. The number of benzene rings is 1. The van der Waals surface area contributed by atoms with Crippen molar-refractivity contribution in [3.05, 3.63) is 35.9 Å². The third-order valence-electron chi connectivity index (χ3n) is 3.31. The number of hydrogen-bond donors (Lipinski definition) is 1. The minimum absolute atomic E-state index is 0.231. The molecule has 1 fully saturated rings. The lowest BCUT2D eigenvalue weighted by molar-refractivity contribution is 0.0716. The molecule has 0 spiro atoms. The summed E-state index contributed by atoms with van der Waals surface area (Å²) in [5.41, 5.74) is 1.02. The maximum absolute atomic E-state index is 10.2. The van der Waals surface area contributed by atoms with Crippen LogP contribution in [0.1, 0.15) is 45.3 Å². The van der Waals surface area contributed by atoms with Crippen LogP contribution in [0.3, 0.4) is 0 Å². The Kier molecular flexibility index (Phi) is 6.23. The van der Waals surface area contributed by atoms with Gasteiger partial charge in [0.05, 0.1) is 6.10 Å². The molecule has 0 radical (unpaired) electrons. The minimum Gasteiger partial charge on any atom is -0.387 e. The smallest absolute Gasteiger partial charge is 0.0942 e. The van der Waals surface area contributed by atoms with Crippen molar-refractivity contribution in [3.63, 3.8) is 0 Å². The van der Waals surface area contributed by atoms with Crippen molar-refractivity contribution in [1.82, 2.24) is 4.90 Å². The van der Waals surface area contributed by atoms with Crippen LogP contribution in [0.15, 0.2) is 30.3 Å². The predicted molar refractivity (Wildman–Crippen MR) is 73.0 cm³/mol. The Labute approximate surface area is 105 Å². The molecule has 1 saturated heterocycles. The van der Waals surface area contributed by atoms with Crippen LogP contribution in [-0.2, 0) is 0 Å². The molecule has 0 aliphatic carbocycles. The van der Waals surface area contributed by atoms with E-state index in [1.54, 1.807) is 0 Å². The third kappa shape index (κ3) is 3.83. The van der Waals surface area contributed by atoms with Gasteiger partial charge in [-0.15, -0.1) is 0 Å². The summed E-state index contributed by atoms with van der Waals surface area (Å²) < 4.78 is 0. The van der Waals surface area contributed by atoms with Crippen molar-refractivity contribution in [2.75, 3.05) is 13.1 Å². The van der Waals surface area contributed by atoms with Crippen LogP contribution in [0.5, 0.6) is 0 Å². The number of nitrogens with zero attached hydrogens (tertiary/aromatic N) is 1. The lowest BCUT2D eigenvalue weighted by Crippen LogP contribution is -2.35. The van der Waals surface area contributed by atoms with Gasteiger partial charge in [0, 0.05) is 6.04 Å². The fraction of sp³-hybridized carbons (Fsp3) is 0.600. The molecule has 2 heteroatoms. The van der Waals surface area contributed by atoms with E-state index in [2.05, 4.69) is 11.8 Å². The highest BCUT2D eigenvalue weighted by atomic mass is 16.3. The molecule has 0 bridgehead atoms. The van der Waals surface area contributed by atoms with Crippen molar-refractivity contribution in [1.29, 1.82) is 0 Å². The summed E-state index contributed by atoms with van der Waals surface area (Å²) >= 11 is 0. The van der Waals surface area contributed by atoms with E-state index >= 15 is 0 Å². The van der Waals surface area contributed by atoms with Crippen molar-refractivity contribution in [3.8, 4) is 0 Å². The first-order valence-corrected chi connectivity index (χ1v) is 6.76. The van der Waals surface area contributed by atoms with Crippen LogP contribution in [-0.4, -0.2) is 29.1 Å². The first kappa shape index (κ1) is 14.2. The van der Waals surface area contributed by atoms with Crippen LogP contribution in [0.25, 0.3) is 0 Å². The van der Waals surface area contributed by atoms with Gasteiger partial charge in [0.25, 0.3) is 0 Å². The Balaban J connectivity index is 0.000000686. The van der Waals surface area contributed by atoms with Gasteiger partial charge in [-0.25, -0.2) is 0 Å². The molecule has 2 nitrogen and oxygen atoms in total. The molecule has 1 aromatic carbocycles. The number of hydrogen-bond acceptors (Lipinski definition) is 2. The molecule has 0 aromatic heterocycles. The van der Waals surface area contributed by atoms with E-state index < -0.39 is 0 Å². The molecule has 1 aromatic rings. The van der Waals surface area contributed by atoms with Crippen LogP contribution in [0.2, 0.25) is 0 Å². The van der Waals surface area contributed by atoms with Gasteiger partial charge in [-0.1, -0.05) is 44.2 Å². The molecule has 2 rings (SSSR count). The Hall–Kier alpha value is -0.860. The van der Waals surface area contributed by atoms with Gasteiger partial charge in [-0.2, -0.15) is 0 Å². The van der Waals surface area contributed by atoms with Gasteiger partial charge in [-0.05, 0) is 38.4 Å². The molecule has 2 atom stereocenters. The van der Waals surface area contributed by atoms with E-state index in [-0.39, 0.29) is 12.1 Å². The predicted octanol–water partition coefficient (Wildman–Crippen LogP) is 3.23. The maximum atomic E-state index is 10.2. The monoisotopic (exact) mass is 235 g/mol. The second-order valence-corrected chi connectivity index (χ2v) is 4.34. The average molecular weight is 235 g/mol. The van der Waals surface area contributed by atoms with E-state index in [1.807, 2.05) is 44.2 Å². The van der Waals surface area contributed by atoms with Crippen LogP contribution >= 0.6 is 0 Å². The quantitative estimate of drug-likeness (QED) is 0.869. The van der Waals surface area contributed by atoms with Crippen molar-refractivity contribution >= 4 is 0 Å². The summed E-state index contributed by atoms with van der Waals surface area (Å²) in [6.45, 7) is 8.37. The maximum Gasteiger partial charge on any atom is 0.0942 e.